The van der Waals surface area contributed by atoms with Gasteiger partial charge in [-0.3, -0.25) is 4.79 Å². The minimum atomic E-state index is -3.38. The van der Waals surface area contributed by atoms with Crippen LogP contribution >= 0.6 is 11.6 Å². The monoisotopic (exact) mass is 362 g/mol. The van der Waals surface area contributed by atoms with E-state index in [1.54, 1.807) is 18.2 Å². The highest BCUT2D eigenvalue weighted by molar-refractivity contribution is 7.90. The topological polar surface area (TPSA) is 86.2 Å². The van der Waals surface area contributed by atoms with Crippen molar-refractivity contribution in [3.05, 3.63) is 53.3 Å². The fourth-order valence-electron chi connectivity index (χ4n) is 2.10. The van der Waals surface area contributed by atoms with Gasteiger partial charge in [0.15, 0.2) is 9.84 Å². The Morgan fingerprint density at radius 1 is 1.12 bits per heavy atom. The molecule has 24 heavy (non-hydrogen) atoms. The summed E-state index contributed by atoms with van der Waals surface area (Å²) >= 11 is 6.09. The first-order valence-corrected chi connectivity index (χ1v) is 9.03. The quantitative estimate of drug-likeness (QED) is 0.662. The van der Waals surface area contributed by atoms with Crippen LogP contribution in [0.4, 0.5) is 0 Å². The fraction of sp³-hybridized carbons (Fsp3) is 0.0625. The molecule has 0 bridgehead atoms. The molecule has 0 aliphatic heterocycles. The van der Waals surface area contributed by atoms with E-state index in [1.807, 2.05) is 0 Å². The summed E-state index contributed by atoms with van der Waals surface area (Å²) in [6.07, 6.45) is 3.10. The molecule has 0 amide bonds. The number of rotatable bonds is 4. The Labute approximate surface area is 143 Å². The molecule has 0 unspecified atom stereocenters. The minimum absolute atomic E-state index is 0.136. The lowest BCUT2D eigenvalue weighted by Crippen LogP contribution is -1.98. The Morgan fingerprint density at radius 3 is 2.58 bits per heavy atom. The van der Waals surface area contributed by atoms with Gasteiger partial charge in [-0.15, -0.1) is 0 Å². The number of carbonyl (C=O) groups excluding carboxylic acids is 1. The second-order valence-electron chi connectivity index (χ2n) is 5.04. The number of fused-ring (bicyclic) bond motifs is 1. The lowest BCUT2D eigenvalue weighted by atomic mass is 10.2. The summed E-state index contributed by atoms with van der Waals surface area (Å²) in [5, 5.41) is 0.682. The number of aromatic nitrogens is 2. The van der Waals surface area contributed by atoms with Gasteiger partial charge in [0.1, 0.15) is 18.4 Å². The third-order valence-corrected chi connectivity index (χ3v) is 4.70. The Bertz CT molecular complexity index is 1050. The summed E-state index contributed by atoms with van der Waals surface area (Å²) in [5.74, 6) is 0.471. The highest BCUT2D eigenvalue weighted by Crippen LogP contribution is 2.32. The highest BCUT2D eigenvalue weighted by atomic mass is 35.5. The smallest absolute Gasteiger partial charge is 0.230 e. The maximum atomic E-state index is 11.7. The van der Waals surface area contributed by atoms with Crippen molar-refractivity contribution in [3.63, 3.8) is 0 Å². The van der Waals surface area contributed by atoms with E-state index in [0.29, 0.717) is 28.5 Å². The predicted octanol–water partition coefficient (Wildman–Crippen LogP) is 3.29. The van der Waals surface area contributed by atoms with Gasteiger partial charge < -0.3 is 4.74 Å². The van der Waals surface area contributed by atoms with Crippen molar-refractivity contribution in [2.24, 2.45) is 0 Å². The molecule has 0 N–H and O–H groups in total. The zero-order valence-electron chi connectivity index (χ0n) is 12.4. The lowest BCUT2D eigenvalue weighted by molar-refractivity contribution is 0.112. The molecule has 1 aromatic heterocycles. The number of aldehydes is 1. The minimum Gasteiger partial charge on any atom is -0.437 e. The van der Waals surface area contributed by atoms with Crippen LogP contribution in [0.3, 0.4) is 0 Å². The van der Waals surface area contributed by atoms with E-state index in [4.69, 9.17) is 16.3 Å². The molecule has 0 saturated carbocycles. The van der Waals surface area contributed by atoms with Crippen molar-refractivity contribution in [2.45, 2.75) is 4.90 Å². The van der Waals surface area contributed by atoms with Crippen molar-refractivity contribution in [3.8, 4) is 11.6 Å². The molecule has 8 heteroatoms. The molecule has 2 aromatic carbocycles. The molecule has 122 valence electrons. The van der Waals surface area contributed by atoms with Crippen molar-refractivity contribution in [2.75, 3.05) is 6.26 Å². The zero-order valence-corrected chi connectivity index (χ0v) is 14.0. The van der Waals surface area contributed by atoms with Crippen molar-refractivity contribution >= 4 is 38.6 Å². The number of carbonyl (C=O) groups is 1. The lowest BCUT2D eigenvalue weighted by Gasteiger charge is -2.10. The average molecular weight is 363 g/mol. The largest absolute Gasteiger partial charge is 0.437 e. The maximum Gasteiger partial charge on any atom is 0.230 e. The van der Waals surface area contributed by atoms with Gasteiger partial charge in [0.2, 0.25) is 5.88 Å². The average Bonchev–Trinajstić information content (AvgIpc) is 2.55. The van der Waals surface area contributed by atoms with Crippen LogP contribution in [0, 0.1) is 0 Å². The Balaban J connectivity index is 2.11. The second kappa shape index (κ2) is 6.18. The molecule has 0 spiro atoms. The van der Waals surface area contributed by atoms with Gasteiger partial charge in [0, 0.05) is 11.8 Å². The number of halogens is 1. The summed E-state index contributed by atoms with van der Waals surface area (Å²) in [7, 11) is -3.38. The summed E-state index contributed by atoms with van der Waals surface area (Å²) < 4.78 is 29.2. The van der Waals surface area contributed by atoms with Crippen LogP contribution in [0.25, 0.3) is 10.9 Å². The third kappa shape index (κ3) is 3.22. The van der Waals surface area contributed by atoms with Crippen molar-refractivity contribution < 1.29 is 17.9 Å². The number of benzene rings is 2. The molecule has 3 aromatic rings. The van der Waals surface area contributed by atoms with Crippen molar-refractivity contribution in [1.29, 1.82) is 0 Å². The third-order valence-electron chi connectivity index (χ3n) is 3.30. The first-order chi connectivity index (χ1) is 11.4. The highest BCUT2D eigenvalue weighted by Gasteiger charge is 2.13. The molecule has 0 saturated heterocycles. The second-order valence-corrected chi connectivity index (χ2v) is 7.46. The number of sulfone groups is 1. The number of hydrogen-bond acceptors (Lipinski definition) is 6. The van der Waals surface area contributed by atoms with Crippen LogP contribution in [0.15, 0.2) is 47.6 Å². The zero-order chi connectivity index (χ0) is 17.3. The van der Waals surface area contributed by atoms with E-state index in [1.165, 1.54) is 24.5 Å². The predicted molar refractivity (Wildman–Crippen MR) is 89.6 cm³/mol. The van der Waals surface area contributed by atoms with Gasteiger partial charge in [0.05, 0.1) is 20.8 Å². The molecule has 1 heterocycles. The molecular weight excluding hydrogens is 352 g/mol. The number of nitrogens with zero attached hydrogens (tertiary/aromatic N) is 2. The van der Waals surface area contributed by atoms with Crippen molar-refractivity contribution in [1.82, 2.24) is 9.97 Å². The SMILES string of the molecule is CS(=O)(=O)c1ccc2ncnc(Oc3ccc(C=O)cc3Cl)c2c1. The van der Waals surface area contributed by atoms with Gasteiger partial charge in [-0.2, -0.15) is 0 Å². The van der Waals surface area contributed by atoms with Gasteiger partial charge >= 0.3 is 0 Å². The molecule has 0 radical (unpaired) electrons. The molecule has 6 nitrogen and oxygen atoms in total. The molecule has 3 rings (SSSR count). The van der Waals surface area contributed by atoms with E-state index in [0.717, 1.165) is 6.26 Å². The van der Waals surface area contributed by atoms with Crippen LogP contribution in [0.2, 0.25) is 5.02 Å². The summed E-state index contributed by atoms with van der Waals surface area (Å²) in [6, 6.07) is 9.07. The van der Waals surface area contributed by atoms with Crippen LogP contribution < -0.4 is 4.74 Å². The van der Waals surface area contributed by atoms with Gasteiger partial charge in [-0.25, -0.2) is 18.4 Å². The van der Waals surface area contributed by atoms with Gasteiger partial charge in [-0.1, -0.05) is 11.6 Å². The summed E-state index contributed by atoms with van der Waals surface area (Å²) in [4.78, 5) is 19.0. The fourth-order valence-corrected chi connectivity index (χ4v) is 2.98. The Hall–Kier alpha value is -2.51. The Kier molecular flexibility index (Phi) is 4.21. The Morgan fingerprint density at radius 2 is 1.92 bits per heavy atom. The number of hydrogen-bond donors (Lipinski definition) is 0. The van der Waals surface area contributed by atoms with Gasteiger partial charge in [0.25, 0.3) is 0 Å². The van der Waals surface area contributed by atoms with Gasteiger partial charge in [-0.05, 0) is 36.4 Å². The molecule has 0 aliphatic rings. The van der Waals surface area contributed by atoms with Crippen LogP contribution in [-0.4, -0.2) is 30.9 Å². The summed E-state index contributed by atoms with van der Waals surface area (Å²) in [6.45, 7) is 0. The van der Waals surface area contributed by atoms with E-state index < -0.39 is 9.84 Å². The molecular formula is C16H11ClN2O4S. The van der Waals surface area contributed by atoms with E-state index in [9.17, 15) is 13.2 Å². The van der Waals surface area contributed by atoms with Crippen LogP contribution in [0.1, 0.15) is 10.4 Å². The molecule has 0 aliphatic carbocycles. The first-order valence-electron chi connectivity index (χ1n) is 6.76. The van der Waals surface area contributed by atoms with E-state index in [-0.39, 0.29) is 15.8 Å². The normalized spacial score (nSPS) is 11.4. The summed E-state index contributed by atoms with van der Waals surface area (Å²) in [5.41, 5.74) is 0.951. The van der Waals surface area contributed by atoms with Crippen LogP contribution in [-0.2, 0) is 9.84 Å². The van der Waals surface area contributed by atoms with Crippen LogP contribution in [0.5, 0.6) is 11.6 Å². The van der Waals surface area contributed by atoms with E-state index in [2.05, 4.69) is 9.97 Å². The standard InChI is InChI=1S/C16H11ClN2O4S/c1-24(21,22)11-3-4-14-12(7-11)16(19-9-18-14)23-15-5-2-10(8-20)6-13(15)17/h2-9H,1H3. The first kappa shape index (κ1) is 16.4. The van der Waals surface area contributed by atoms with E-state index >= 15 is 0 Å². The maximum absolute atomic E-state index is 11.7. The number of ether oxygens (including phenoxy) is 1. The molecule has 0 fully saturated rings. The molecule has 0 atom stereocenters.